The SMILES string of the molecule is Oc1ccccc1-c1noc(-c2ccc3c(c2)nnn3C(O)(O)O)n1. The molecule has 0 saturated heterocycles. The van der Waals surface area contributed by atoms with Crippen LogP contribution in [0.4, 0.5) is 0 Å². The number of phenolic OH excluding ortho intramolecular Hbond substituents is 1. The van der Waals surface area contributed by atoms with E-state index in [-0.39, 0.29) is 28.5 Å². The van der Waals surface area contributed by atoms with Crippen LogP contribution in [0.3, 0.4) is 0 Å². The third kappa shape index (κ3) is 2.59. The summed E-state index contributed by atoms with van der Waals surface area (Å²) < 4.78 is 5.76. The molecule has 0 aliphatic rings. The summed E-state index contributed by atoms with van der Waals surface area (Å²) in [5.41, 5.74) is 1.40. The van der Waals surface area contributed by atoms with Crippen molar-refractivity contribution >= 4 is 11.0 Å². The Hall–Kier alpha value is -3.34. The van der Waals surface area contributed by atoms with Gasteiger partial charge in [0.25, 0.3) is 5.89 Å². The summed E-state index contributed by atoms with van der Waals surface area (Å²) in [4.78, 5) is 4.23. The average Bonchev–Trinajstić information content (AvgIpc) is 3.21. The molecule has 0 spiro atoms. The normalized spacial score (nSPS) is 12.0. The van der Waals surface area contributed by atoms with Gasteiger partial charge in [-0.2, -0.15) is 9.67 Å². The lowest BCUT2D eigenvalue weighted by atomic mass is 10.2. The van der Waals surface area contributed by atoms with Crippen LogP contribution in [0.5, 0.6) is 5.75 Å². The number of phenols is 1. The second-order valence-corrected chi connectivity index (χ2v) is 5.25. The largest absolute Gasteiger partial charge is 0.507 e. The number of para-hydroxylation sites is 1. The van der Waals surface area contributed by atoms with Crippen molar-refractivity contribution < 1.29 is 24.9 Å². The van der Waals surface area contributed by atoms with Crippen molar-refractivity contribution in [1.82, 2.24) is 25.1 Å². The third-order valence-electron chi connectivity index (χ3n) is 3.55. The standard InChI is InChI=1S/C15H11N5O5/c21-12-4-2-1-3-9(12)13-16-14(25-18-13)8-5-6-11-10(7-8)17-19-20(11)15(22,23)24/h1-7,21-24H. The van der Waals surface area contributed by atoms with Crippen molar-refractivity contribution in [2.45, 2.75) is 6.10 Å². The van der Waals surface area contributed by atoms with E-state index in [4.69, 9.17) is 4.52 Å². The maximum absolute atomic E-state index is 9.85. The van der Waals surface area contributed by atoms with Crippen molar-refractivity contribution in [3.8, 4) is 28.6 Å². The molecule has 0 unspecified atom stereocenters. The summed E-state index contributed by atoms with van der Waals surface area (Å²) in [5.74, 6) is 0.424. The van der Waals surface area contributed by atoms with Gasteiger partial charge in [0, 0.05) is 5.56 Å². The number of rotatable bonds is 3. The van der Waals surface area contributed by atoms with Crippen LogP contribution < -0.4 is 0 Å². The lowest BCUT2D eigenvalue weighted by Crippen LogP contribution is -2.33. The fourth-order valence-corrected chi connectivity index (χ4v) is 2.39. The molecule has 0 fully saturated rings. The molecule has 0 radical (unpaired) electrons. The van der Waals surface area contributed by atoms with E-state index in [1.807, 2.05) is 0 Å². The van der Waals surface area contributed by atoms with E-state index < -0.39 is 6.10 Å². The molecule has 0 bridgehead atoms. The van der Waals surface area contributed by atoms with E-state index in [1.165, 1.54) is 18.2 Å². The maximum atomic E-state index is 9.85. The van der Waals surface area contributed by atoms with Gasteiger partial charge in [-0.3, -0.25) is 0 Å². The molecule has 10 nitrogen and oxygen atoms in total. The van der Waals surface area contributed by atoms with Crippen LogP contribution in [0.15, 0.2) is 47.0 Å². The Balaban J connectivity index is 1.75. The van der Waals surface area contributed by atoms with Gasteiger partial charge in [-0.25, -0.2) is 0 Å². The van der Waals surface area contributed by atoms with E-state index in [2.05, 4.69) is 20.5 Å². The highest BCUT2D eigenvalue weighted by Crippen LogP contribution is 2.29. The Morgan fingerprint density at radius 2 is 1.84 bits per heavy atom. The Kier molecular flexibility index (Phi) is 3.25. The molecule has 0 saturated carbocycles. The number of hydrogen-bond donors (Lipinski definition) is 4. The maximum Gasteiger partial charge on any atom is 0.391 e. The number of hydrogen-bond acceptors (Lipinski definition) is 9. The van der Waals surface area contributed by atoms with Crippen molar-refractivity contribution in [2.24, 2.45) is 0 Å². The van der Waals surface area contributed by atoms with Crippen LogP contribution in [0, 0.1) is 0 Å². The van der Waals surface area contributed by atoms with Crippen LogP contribution in [0.25, 0.3) is 33.9 Å². The summed E-state index contributed by atoms with van der Waals surface area (Å²) in [6.07, 6.45) is -3.15. The Bertz CT molecular complexity index is 1070. The molecule has 2 aromatic carbocycles. The van der Waals surface area contributed by atoms with Crippen molar-refractivity contribution in [2.75, 3.05) is 0 Å². The van der Waals surface area contributed by atoms with Gasteiger partial charge < -0.3 is 24.9 Å². The van der Waals surface area contributed by atoms with Crippen LogP contribution in [0.1, 0.15) is 0 Å². The zero-order valence-electron chi connectivity index (χ0n) is 12.5. The first-order chi connectivity index (χ1) is 11.9. The van der Waals surface area contributed by atoms with Gasteiger partial charge in [0.2, 0.25) is 5.82 Å². The molecule has 4 rings (SSSR count). The van der Waals surface area contributed by atoms with Crippen LogP contribution >= 0.6 is 0 Å². The molecule has 4 aromatic rings. The monoisotopic (exact) mass is 341 g/mol. The number of fused-ring (bicyclic) bond motifs is 1. The summed E-state index contributed by atoms with van der Waals surface area (Å²) in [6, 6.07) is 11.2. The van der Waals surface area contributed by atoms with E-state index in [1.54, 1.807) is 24.3 Å². The van der Waals surface area contributed by atoms with Gasteiger partial charge >= 0.3 is 6.10 Å². The molecule has 25 heavy (non-hydrogen) atoms. The van der Waals surface area contributed by atoms with Gasteiger partial charge in [-0.15, -0.1) is 5.10 Å². The fourth-order valence-electron chi connectivity index (χ4n) is 2.39. The van der Waals surface area contributed by atoms with Gasteiger partial charge in [-0.1, -0.05) is 22.5 Å². The molecule has 0 aliphatic heterocycles. The highest BCUT2D eigenvalue weighted by molar-refractivity contribution is 5.80. The van der Waals surface area contributed by atoms with Crippen LogP contribution in [0.2, 0.25) is 0 Å². The molecule has 0 amide bonds. The van der Waals surface area contributed by atoms with E-state index in [0.717, 1.165) is 0 Å². The van der Waals surface area contributed by atoms with Crippen molar-refractivity contribution in [1.29, 1.82) is 0 Å². The highest BCUT2D eigenvalue weighted by Gasteiger charge is 2.26. The first-order valence-corrected chi connectivity index (χ1v) is 7.09. The molecular formula is C15H11N5O5. The molecule has 10 heteroatoms. The third-order valence-corrected chi connectivity index (χ3v) is 3.55. The van der Waals surface area contributed by atoms with Gasteiger partial charge in [0.1, 0.15) is 11.3 Å². The molecule has 2 heterocycles. The predicted molar refractivity (Wildman–Crippen MR) is 82.6 cm³/mol. The Morgan fingerprint density at radius 1 is 1.04 bits per heavy atom. The van der Waals surface area contributed by atoms with Crippen LogP contribution in [-0.2, 0) is 6.10 Å². The number of benzene rings is 2. The fraction of sp³-hybridized carbons (Fsp3) is 0.0667. The van der Waals surface area contributed by atoms with Crippen molar-refractivity contribution in [3.63, 3.8) is 0 Å². The highest BCUT2D eigenvalue weighted by atomic mass is 16.7. The quantitative estimate of drug-likeness (QED) is 0.388. The summed E-state index contributed by atoms with van der Waals surface area (Å²) in [7, 11) is 0. The number of aliphatic hydroxyl groups is 3. The van der Waals surface area contributed by atoms with Gasteiger partial charge in [0.05, 0.1) is 11.1 Å². The molecule has 126 valence electrons. The molecule has 2 aromatic heterocycles. The zero-order valence-corrected chi connectivity index (χ0v) is 12.5. The number of aromatic nitrogens is 5. The Labute approximate surface area is 139 Å². The minimum atomic E-state index is -3.15. The lowest BCUT2D eigenvalue weighted by Gasteiger charge is -2.13. The van der Waals surface area contributed by atoms with E-state index in [9.17, 15) is 20.4 Å². The van der Waals surface area contributed by atoms with Crippen LogP contribution in [-0.4, -0.2) is 45.6 Å². The smallest absolute Gasteiger partial charge is 0.391 e. The first-order valence-electron chi connectivity index (χ1n) is 7.09. The summed E-state index contributed by atoms with van der Waals surface area (Å²) in [5, 5.41) is 48.6. The minimum Gasteiger partial charge on any atom is -0.507 e. The average molecular weight is 341 g/mol. The van der Waals surface area contributed by atoms with Gasteiger partial charge in [0.15, 0.2) is 0 Å². The van der Waals surface area contributed by atoms with Crippen molar-refractivity contribution in [3.05, 3.63) is 42.5 Å². The predicted octanol–water partition coefficient (Wildman–Crippen LogP) is 0.399. The molecule has 0 atom stereocenters. The number of nitrogens with zero attached hydrogens (tertiary/aromatic N) is 5. The summed E-state index contributed by atoms with van der Waals surface area (Å²) >= 11 is 0. The zero-order chi connectivity index (χ0) is 17.6. The Morgan fingerprint density at radius 3 is 2.60 bits per heavy atom. The minimum absolute atomic E-state index is 0.0263. The first kappa shape index (κ1) is 15.2. The molecule has 0 aliphatic carbocycles. The summed E-state index contributed by atoms with van der Waals surface area (Å²) in [6.45, 7) is 0. The molecule has 4 N–H and O–H groups in total. The molecular weight excluding hydrogens is 330 g/mol. The number of aromatic hydroxyl groups is 1. The lowest BCUT2D eigenvalue weighted by molar-refractivity contribution is -0.379. The van der Waals surface area contributed by atoms with E-state index in [0.29, 0.717) is 15.8 Å². The second-order valence-electron chi connectivity index (χ2n) is 5.25. The second kappa shape index (κ2) is 5.34. The topological polar surface area (TPSA) is 151 Å². The van der Waals surface area contributed by atoms with Gasteiger partial charge in [-0.05, 0) is 30.3 Å². The van der Waals surface area contributed by atoms with E-state index >= 15 is 0 Å².